The predicted octanol–water partition coefficient (Wildman–Crippen LogP) is 1.72. The standard InChI is InChI=1S/C10H11F3N4O2S2/c1-16-4-9(14-6-16)21(18,19)17(2)3-8-15-7(5-20-8)10(11,12)13/h4-6H,3H2,1-2H3. The first-order valence-electron chi connectivity index (χ1n) is 5.56. The summed E-state index contributed by atoms with van der Waals surface area (Å²) in [6.07, 6.45) is -1.89. The molecule has 116 valence electrons. The molecule has 6 nitrogen and oxygen atoms in total. The Hall–Kier alpha value is -1.46. The Labute approximate surface area is 122 Å². The molecule has 0 aromatic carbocycles. The van der Waals surface area contributed by atoms with Gasteiger partial charge in [0.25, 0.3) is 10.0 Å². The van der Waals surface area contributed by atoms with Gasteiger partial charge in [-0.3, -0.25) is 0 Å². The Kier molecular flexibility index (Phi) is 4.08. The van der Waals surface area contributed by atoms with Crippen molar-refractivity contribution in [1.82, 2.24) is 18.8 Å². The topological polar surface area (TPSA) is 68.1 Å². The van der Waals surface area contributed by atoms with Crippen LogP contribution in [0.3, 0.4) is 0 Å². The predicted molar refractivity (Wildman–Crippen MR) is 69.0 cm³/mol. The SMILES string of the molecule is CN(Cc1nc(C(F)(F)F)cs1)S(=O)(=O)c1cn(C)cn1. The molecule has 0 bridgehead atoms. The van der Waals surface area contributed by atoms with E-state index >= 15 is 0 Å². The molecule has 11 heteroatoms. The van der Waals surface area contributed by atoms with E-state index < -0.39 is 21.9 Å². The fraction of sp³-hybridized carbons (Fsp3) is 0.400. The molecule has 0 aliphatic heterocycles. The minimum absolute atomic E-state index is 0.0596. The third-order valence-corrected chi connectivity index (χ3v) is 5.08. The highest BCUT2D eigenvalue weighted by atomic mass is 32.2. The quantitative estimate of drug-likeness (QED) is 0.850. The van der Waals surface area contributed by atoms with Crippen molar-refractivity contribution in [1.29, 1.82) is 0 Å². The lowest BCUT2D eigenvalue weighted by Gasteiger charge is -2.13. The van der Waals surface area contributed by atoms with Gasteiger partial charge in [-0.05, 0) is 0 Å². The van der Waals surface area contributed by atoms with Crippen LogP contribution < -0.4 is 0 Å². The van der Waals surface area contributed by atoms with Crippen LogP contribution >= 0.6 is 11.3 Å². The summed E-state index contributed by atoms with van der Waals surface area (Å²) in [5.74, 6) is 0. The zero-order valence-electron chi connectivity index (χ0n) is 11.0. The lowest BCUT2D eigenvalue weighted by Crippen LogP contribution is -2.26. The van der Waals surface area contributed by atoms with Crippen LogP contribution in [0.4, 0.5) is 13.2 Å². The second-order valence-electron chi connectivity index (χ2n) is 4.26. The molecule has 0 amide bonds. The molecule has 2 rings (SSSR count). The number of sulfonamides is 1. The van der Waals surface area contributed by atoms with Crippen LogP contribution in [0.1, 0.15) is 10.7 Å². The maximum Gasteiger partial charge on any atom is 0.434 e. The van der Waals surface area contributed by atoms with Gasteiger partial charge in [-0.2, -0.15) is 17.5 Å². The number of hydrogen-bond donors (Lipinski definition) is 0. The summed E-state index contributed by atoms with van der Waals surface area (Å²) in [7, 11) is -0.980. The van der Waals surface area contributed by atoms with Crippen molar-refractivity contribution in [3.05, 3.63) is 28.6 Å². The van der Waals surface area contributed by atoms with Gasteiger partial charge in [0, 0.05) is 25.7 Å². The van der Waals surface area contributed by atoms with E-state index in [2.05, 4.69) is 9.97 Å². The number of thiazole rings is 1. The molecule has 2 aromatic heterocycles. The summed E-state index contributed by atoms with van der Waals surface area (Å²) < 4.78 is 64.0. The van der Waals surface area contributed by atoms with E-state index in [1.807, 2.05) is 0 Å². The van der Waals surface area contributed by atoms with Crippen molar-refractivity contribution < 1.29 is 21.6 Å². The van der Waals surface area contributed by atoms with Gasteiger partial charge < -0.3 is 4.57 Å². The molecule has 2 aromatic rings. The number of halogens is 3. The third kappa shape index (κ3) is 3.41. The molecule has 0 saturated carbocycles. The molecule has 0 atom stereocenters. The van der Waals surface area contributed by atoms with Crippen molar-refractivity contribution in [3.63, 3.8) is 0 Å². The number of aromatic nitrogens is 3. The van der Waals surface area contributed by atoms with Crippen molar-refractivity contribution in [2.45, 2.75) is 17.7 Å². The molecule has 0 fully saturated rings. The number of alkyl halides is 3. The molecular formula is C10H11F3N4O2S2. The minimum atomic E-state index is -4.53. The molecule has 0 spiro atoms. The molecule has 0 unspecified atom stereocenters. The van der Waals surface area contributed by atoms with Crippen LogP contribution in [0.25, 0.3) is 0 Å². The van der Waals surface area contributed by atoms with Gasteiger partial charge in [0.05, 0.1) is 12.9 Å². The first kappa shape index (κ1) is 15.9. The van der Waals surface area contributed by atoms with E-state index in [0.717, 1.165) is 21.0 Å². The van der Waals surface area contributed by atoms with Crippen molar-refractivity contribution in [2.75, 3.05) is 7.05 Å². The number of nitrogens with zero attached hydrogens (tertiary/aromatic N) is 4. The molecule has 0 aliphatic rings. The lowest BCUT2D eigenvalue weighted by atomic mass is 10.5. The maximum absolute atomic E-state index is 12.4. The summed E-state index contributed by atoms with van der Waals surface area (Å²) in [5, 5.41) is 0.751. The third-order valence-electron chi connectivity index (χ3n) is 2.56. The lowest BCUT2D eigenvalue weighted by molar-refractivity contribution is -0.140. The van der Waals surface area contributed by atoms with E-state index in [1.165, 1.54) is 24.1 Å². The summed E-state index contributed by atoms with van der Waals surface area (Å²) in [4.78, 5) is 7.13. The maximum atomic E-state index is 12.4. The van der Waals surface area contributed by atoms with Crippen LogP contribution in [0.5, 0.6) is 0 Å². The molecular weight excluding hydrogens is 329 g/mol. The fourth-order valence-electron chi connectivity index (χ4n) is 1.47. The van der Waals surface area contributed by atoms with Crippen LogP contribution in [0, 0.1) is 0 Å². The molecule has 21 heavy (non-hydrogen) atoms. The second-order valence-corrected chi connectivity index (χ2v) is 7.20. The van der Waals surface area contributed by atoms with E-state index in [1.54, 1.807) is 7.05 Å². The van der Waals surface area contributed by atoms with Crippen LogP contribution in [-0.4, -0.2) is 34.3 Å². The van der Waals surface area contributed by atoms with Gasteiger partial charge in [0.1, 0.15) is 5.01 Å². The van der Waals surface area contributed by atoms with Gasteiger partial charge in [0.15, 0.2) is 10.7 Å². The summed E-state index contributed by atoms with van der Waals surface area (Å²) >= 11 is 0.758. The normalized spacial score (nSPS) is 13.0. The fourth-order valence-corrected chi connectivity index (χ4v) is 3.50. The number of hydrogen-bond acceptors (Lipinski definition) is 5. The highest BCUT2D eigenvalue weighted by Crippen LogP contribution is 2.30. The molecule has 0 aliphatic carbocycles. The number of rotatable bonds is 4. The minimum Gasteiger partial charge on any atom is -0.339 e. The van der Waals surface area contributed by atoms with Crippen molar-refractivity contribution >= 4 is 21.4 Å². The monoisotopic (exact) mass is 340 g/mol. The van der Waals surface area contributed by atoms with Crippen molar-refractivity contribution in [2.24, 2.45) is 7.05 Å². The van der Waals surface area contributed by atoms with Gasteiger partial charge in [-0.25, -0.2) is 18.4 Å². The van der Waals surface area contributed by atoms with Crippen molar-refractivity contribution in [3.8, 4) is 0 Å². The zero-order valence-corrected chi connectivity index (χ0v) is 12.6. The van der Waals surface area contributed by atoms with Gasteiger partial charge in [-0.15, -0.1) is 11.3 Å². The van der Waals surface area contributed by atoms with Gasteiger partial charge >= 0.3 is 6.18 Å². The molecule has 0 N–H and O–H groups in total. The van der Waals surface area contributed by atoms with Gasteiger partial charge in [-0.1, -0.05) is 0 Å². The molecule has 2 heterocycles. The average Bonchev–Trinajstić information content (AvgIpc) is 2.97. The molecule has 0 radical (unpaired) electrons. The Bertz CT molecular complexity index is 736. The van der Waals surface area contributed by atoms with E-state index in [-0.39, 0.29) is 16.6 Å². The number of imidazole rings is 1. The summed E-state index contributed by atoms with van der Waals surface area (Å²) in [6, 6.07) is 0. The molecule has 0 saturated heterocycles. The van der Waals surface area contributed by atoms with E-state index in [0.29, 0.717) is 0 Å². The first-order valence-corrected chi connectivity index (χ1v) is 7.88. The highest BCUT2D eigenvalue weighted by Gasteiger charge is 2.34. The Morgan fingerprint density at radius 2 is 2.10 bits per heavy atom. The van der Waals surface area contributed by atoms with Gasteiger partial charge in [0.2, 0.25) is 0 Å². The smallest absolute Gasteiger partial charge is 0.339 e. The van der Waals surface area contributed by atoms with Crippen LogP contribution in [-0.2, 0) is 29.8 Å². The Morgan fingerprint density at radius 1 is 1.43 bits per heavy atom. The van der Waals surface area contributed by atoms with E-state index in [9.17, 15) is 21.6 Å². The second kappa shape index (κ2) is 5.39. The number of aryl methyl sites for hydroxylation is 1. The average molecular weight is 340 g/mol. The van der Waals surface area contributed by atoms with E-state index in [4.69, 9.17) is 0 Å². The van der Waals surface area contributed by atoms with Crippen LogP contribution in [0.2, 0.25) is 0 Å². The summed E-state index contributed by atoms with van der Waals surface area (Å²) in [6.45, 7) is -0.250. The van der Waals surface area contributed by atoms with Crippen LogP contribution in [0.15, 0.2) is 22.9 Å². The first-order chi connectivity index (χ1) is 9.60. The Morgan fingerprint density at radius 3 is 2.57 bits per heavy atom. The zero-order chi connectivity index (χ0) is 15.8. The summed E-state index contributed by atoms with van der Waals surface area (Å²) in [5.41, 5.74) is -1.02. The highest BCUT2D eigenvalue weighted by molar-refractivity contribution is 7.89. The Balaban J connectivity index is 2.18. The largest absolute Gasteiger partial charge is 0.434 e.